The Kier molecular flexibility index (Phi) is 3.83. The first-order valence-electron chi connectivity index (χ1n) is 5.83. The van der Waals surface area contributed by atoms with Gasteiger partial charge in [0, 0.05) is 31.0 Å². The largest absolute Gasteiger partial charge is 0.399 e. The van der Waals surface area contributed by atoms with Crippen molar-refractivity contribution in [1.82, 2.24) is 5.32 Å². The van der Waals surface area contributed by atoms with Gasteiger partial charge in [-0.15, -0.1) is 0 Å². The van der Waals surface area contributed by atoms with Gasteiger partial charge in [0.1, 0.15) is 0 Å². The number of nitrogens with two attached hydrogens (primary N) is 1. The number of β-amino-alcohol motifs (C(OH)–C–C–N with tert-alkyl or cyclic N) is 1. The lowest BCUT2D eigenvalue weighted by atomic mass is 10.2. The Bertz CT molecular complexity index is 355. The second-order valence-electron chi connectivity index (χ2n) is 4.35. The van der Waals surface area contributed by atoms with Crippen LogP contribution in [0, 0.1) is 0 Å². The predicted molar refractivity (Wildman–Crippen MR) is 68.0 cm³/mol. The first-order valence-corrected chi connectivity index (χ1v) is 5.83. The predicted octanol–water partition coefficient (Wildman–Crippen LogP) is -0.600. The van der Waals surface area contributed by atoms with Crippen LogP contribution in [-0.4, -0.2) is 48.6 Å². The van der Waals surface area contributed by atoms with Gasteiger partial charge in [0.2, 0.25) is 0 Å². The Morgan fingerprint density at radius 2 is 2.00 bits per heavy atom. The number of anilines is 2. The van der Waals surface area contributed by atoms with E-state index in [0.717, 1.165) is 17.9 Å². The van der Waals surface area contributed by atoms with Gasteiger partial charge in [-0.2, -0.15) is 0 Å². The van der Waals surface area contributed by atoms with Crippen LogP contribution in [0.4, 0.5) is 11.4 Å². The zero-order valence-corrected chi connectivity index (χ0v) is 9.71. The minimum Gasteiger partial charge on any atom is -0.399 e. The highest BCUT2D eigenvalue weighted by Gasteiger charge is 2.30. The molecule has 2 unspecified atom stereocenters. The Labute approximate surface area is 101 Å². The molecule has 2 rings (SSSR count). The smallest absolute Gasteiger partial charge is 0.0884 e. The Hall–Kier alpha value is -1.30. The monoisotopic (exact) mass is 237 g/mol. The molecule has 1 fully saturated rings. The average molecular weight is 237 g/mol. The van der Waals surface area contributed by atoms with Gasteiger partial charge in [0.05, 0.1) is 18.8 Å². The average Bonchev–Trinajstić information content (AvgIpc) is 2.69. The molecule has 0 bridgehead atoms. The van der Waals surface area contributed by atoms with E-state index >= 15 is 0 Å². The standard InChI is InChI=1S/C12H19N3O2/c13-9-1-3-10(4-2-9)15-7-11(12(17)8-15)14-5-6-16/h1-4,11-12,14,16-17H,5-8,13H2. The van der Waals surface area contributed by atoms with Gasteiger partial charge in [-0.05, 0) is 24.3 Å². The van der Waals surface area contributed by atoms with Crippen LogP contribution >= 0.6 is 0 Å². The van der Waals surface area contributed by atoms with E-state index in [2.05, 4.69) is 10.2 Å². The molecule has 2 atom stereocenters. The summed E-state index contributed by atoms with van der Waals surface area (Å²) >= 11 is 0. The maximum absolute atomic E-state index is 9.89. The van der Waals surface area contributed by atoms with Crippen molar-refractivity contribution in [3.05, 3.63) is 24.3 Å². The van der Waals surface area contributed by atoms with Gasteiger partial charge in [-0.25, -0.2) is 0 Å². The van der Waals surface area contributed by atoms with E-state index in [9.17, 15) is 5.11 Å². The summed E-state index contributed by atoms with van der Waals surface area (Å²) in [5.74, 6) is 0. The quantitative estimate of drug-likeness (QED) is 0.526. The highest BCUT2D eigenvalue weighted by molar-refractivity contribution is 5.54. The molecule has 0 aromatic heterocycles. The number of hydrogen-bond acceptors (Lipinski definition) is 5. The maximum atomic E-state index is 9.89. The molecular weight excluding hydrogens is 218 g/mol. The minimum atomic E-state index is -0.404. The van der Waals surface area contributed by atoms with Gasteiger partial charge in [-0.3, -0.25) is 0 Å². The number of hydrogen-bond donors (Lipinski definition) is 4. The molecular formula is C12H19N3O2. The number of rotatable bonds is 4. The van der Waals surface area contributed by atoms with Crippen LogP contribution in [0.5, 0.6) is 0 Å². The third-order valence-corrected chi connectivity index (χ3v) is 3.07. The second-order valence-corrected chi connectivity index (χ2v) is 4.35. The lowest BCUT2D eigenvalue weighted by molar-refractivity contribution is 0.159. The van der Waals surface area contributed by atoms with Crippen LogP contribution in [0.1, 0.15) is 0 Å². The number of aliphatic hydroxyl groups is 2. The Morgan fingerprint density at radius 1 is 1.29 bits per heavy atom. The molecule has 1 aromatic carbocycles. The molecule has 1 saturated heterocycles. The molecule has 5 heteroatoms. The fraction of sp³-hybridized carbons (Fsp3) is 0.500. The van der Waals surface area contributed by atoms with Crippen LogP contribution in [-0.2, 0) is 0 Å². The highest BCUT2D eigenvalue weighted by atomic mass is 16.3. The summed E-state index contributed by atoms with van der Waals surface area (Å²) in [5, 5.41) is 21.8. The van der Waals surface area contributed by atoms with E-state index in [-0.39, 0.29) is 12.6 Å². The summed E-state index contributed by atoms with van der Waals surface area (Å²) in [4.78, 5) is 2.11. The van der Waals surface area contributed by atoms with Crippen molar-refractivity contribution in [3.63, 3.8) is 0 Å². The van der Waals surface area contributed by atoms with Crippen molar-refractivity contribution in [2.75, 3.05) is 36.9 Å². The summed E-state index contributed by atoms with van der Waals surface area (Å²) in [6.07, 6.45) is -0.404. The molecule has 1 aliphatic rings. The van der Waals surface area contributed by atoms with Gasteiger partial charge < -0.3 is 26.2 Å². The molecule has 17 heavy (non-hydrogen) atoms. The summed E-state index contributed by atoms with van der Waals surface area (Å²) in [5.41, 5.74) is 7.44. The Morgan fingerprint density at radius 3 is 2.65 bits per heavy atom. The van der Waals surface area contributed by atoms with E-state index in [1.165, 1.54) is 0 Å². The Balaban J connectivity index is 1.98. The van der Waals surface area contributed by atoms with Crippen molar-refractivity contribution in [2.45, 2.75) is 12.1 Å². The SMILES string of the molecule is Nc1ccc(N2CC(O)C(NCCO)C2)cc1. The molecule has 1 aromatic rings. The molecule has 0 radical (unpaired) electrons. The lowest BCUT2D eigenvalue weighted by Crippen LogP contribution is -2.40. The van der Waals surface area contributed by atoms with E-state index in [4.69, 9.17) is 10.8 Å². The number of nitrogens with one attached hydrogen (secondary N) is 1. The molecule has 1 aliphatic heterocycles. The van der Waals surface area contributed by atoms with Crippen molar-refractivity contribution >= 4 is 11.4 Å². The normalized spacial score (nSPS) is 24.2. The van der Waals surface area contributed by atoms with Gasteiger partial charge in [0.15, 0.2) is 0 Å². The van der Waals surface area contributed by atoms with Crippen molar-refractivity contribution in [3.8, 4) is 0 Å². The topological polar surface area (TPSA) is 81.8 Å². The molecule has 0 saturated carbocycles. The second kappa shape index (κ2) is 5.35. The molecule has 0 spiro atoms. The van der Waals surface area contributed by atoms with Crippen molar-refractivity contribution < 1.29 is 10.2 Å². The van der Waals surface area contributed by atoms with Crippen LogP contribution in [0.2, 0.25) is 0 Å². The first kappa shape index (κ1) is 12.2. The zero-order valence-electron chi connectivity index (χ0n) is 9.71. The fourth-order valence-electron chi connectivity index (χ4n) is 2.13. The van der Waals surface area contributed by atoms with E-state index in [1.807, 2.05) is 24.3 Å². The summed E-state index contributed by atoms with van der Waals surface area (Å²) in [7, 11) is 0. The fourth-order valence-corrected chi connectivity index (χ4v) is 2.13. The van der Waals surface area contributed by atoms with Gasteiger partial charge >= 0.3 is 0 Å². The number of aliphatic hydroxyl groups excluding tert-OH is 2. The highest BCUT2D eigenvalue weighted by Crippen LogP contribution is 2.21. The molecule has 0 amide bonds. The first-order chi connectivity index (χ1) is 8.20. The van der Waals surface area contributed by atoms with E-state index in [1.54, 1.807) is 0 Å². The van der Waals surface area contributed by atoms with Gasteiger partial charge in [0.25, 0.3) is 0 Å². The summed E-state index contributed by atoms with van der Waals surface area (Å²) in [6, 6.07) is 7.64. The molecule has 94 valence electrons. The third-order valence-electron chi connectivity index (χ3n) is 3.07. The molecule has 5 N–H and O–H groups in total. The van der Waals surface area contributed by atoms with Crippen LogP contribution in [0.25, 0.3) is 0 Å². The van der Waals surface area contributed by atoms with Crippen molar-refractivity contribution in [1.29, 1.82) is 0 Å². The van der Waals surface area contributed by atoms with E-state index in [0.29, 0.717) is 13.1 Å². The minimum absolute atomic E-state index is 0.0136. The van der Waals surface area contributed by atoms with Crippen molar-refractivity contribution in [2.24, 2.45) is 0 Å². The summed E-state index contributed by atoms with van der Waals surface area (Å²) < 4.78 is 0. The molecule has 1 heterocycles. The molecule has 5 nitrogen and oxygen atoms in total. The summed E-state index contributed by atoms with van der Waals surface area (Å²) in [6.45, 7) is 1.94. The number of benzene rings is 1. The van der Waals surface area contributed by atoms with E-state index < -0.39 is 6.10 Å². The number of nitrogen functional groups attached to an aromatic ring is 1. The maximum Gasteiger partial charge on any atom is 0.0884 e. The van der Waals surface area contributed by atoms with Crippen LogP contribution in [0.3, 0.4) is 0 Å². The van der Waals surface area contributed by atoms with Crippen LogP contribution < -0.4 is 16.0 Å². The third kappa shape index (κ3) is 2.88. The zero-order chi connectivity index (χ0) is 12.3. The van der Waals surface area contributed by atoms with Gasteiger partial charge in [-0.1, -0.05) is 0 Å². The lowest BCUT2D eigenvalue weighted by Gasteiger charge is -2.18. The molecule has 0 aliphatic carbocycles. The van der Waals surface area contributed by atoms with Crippen LogP contribution in [0.15, 0.2) is 24.3 Å². The number of nitrogens with zero attached hydrogens (tertiary/aromatic N) is 1.